The number of nitrogens with zero attached hydrogens (tertiary/aromatic N) is 2. The van der Waals surface area contributed by atoms with Gasteiger partial charge in [-0.3, -0.25) is 4.98 Å². The summed E-state index contributed by atoms with van der Waals surface area (Å²) >= 11 is 12.6. The van der Waals surface area contributed by atoms with Gasteiger partial charge < -0.3 is 62.9 Å². The molecule has 3 aromatic carbocycles. The number of sulfonamides is 1. The Bertz CT molecular complexity index is 2350. The molecule has 0 radical (unpaired) electrons. The highest BCUT2D eigenvalue weighted by molar-refractivity contribution is 7.90. The molecule has 4 aromatic rings. The highest BCUT2D eigenvalue weighted by Gasteiger charge is 2.50. The number of pyridine rings is 1. The van der Waals surface area contributed by atoms with Crippen molar-refractivity contribution in [1.82, 2.24) is 9.29 Å². The Morgan fingerprint density at radius 3 is 1.35 bits per heavy atom. The molecule has 27 heteroatoms. The van der Waals surface area contributed by atoms with Gasteiger partial charge in [-0.15, -0.1) is 0 Å². The molecule has 1 aromatic heterocycles. The van der Waals surface area contributed by atoms with Crippen molar-refractivity contribution in [2.75, 3.05) is 151 Å². The van der Waals surface area contributed by atoms with Crippen molar-refractivity contribution in [2.45, 2.75) is 36.5 Å². The van der Waals surface area contributed by atoms with Gasteiger partial charge in [0, 0.05) is 52.4 Å². The Balaban J connectivity index is 0.00000171. The van der Waals surface area contributed by atoms with E-state index in [9.17, 15) is 34.8 Å². The third kappa shape index (κ3) is 24.4. The summed E-state index contributed by atoms with van der Waals surface area (Å²) in [5.74, 6) is -2.56. The van der Waals surface area contributed by atoms with E-state index in [1.54, 1.807) is 12.3 Å². The number of hydrogen-bond acceptors (Lipinski definition) is 16. The summed E-state index contributed by atoms with van der Waals surface area (Å²) in [4.78, 5) is 13.6. The Morgan fingerprint density at radius 2 is 0.987 bits per heavy atom. The molecule has 77 heavy (non-hydrogen) atoms. The number of ether oxygens (including phenoxy) is 10. The van der Waals surface area contributed by atoms with Gasteiger partial charge >= 0.3 is 27.7 Å². The maximum absolute atomic E-state index is 13.3. The number of aliphatic carboxylic acids is 1. The molecule has 0 unspecified atom stereocenters. The summed E-state index contributed by atoms with van der Waals surface area (Å²) in [6, 6.07) is 20.5. The third-order valence-electron chi connectivity index (χ3n) is 11.0. The number of aliphatic hydroxyl groups is 1. The smallest absolute Gasteiger partial charge is 0.489 e. The summed E-state index contributed by atoms with van der Waals surface area (Å²) in [7, 11) is -5.42. The molecule has 1 aliphatic heterocycles. The first-order valence-corrected chi connectivity index (χ1v) is 26.6. The Labute approximate surface area is 453 Å². The van der Waals surface area contributed by atoms with Crippen LogP contribution in [-0.2, 0) is 57.4 Å². The lowest BCUT2D eigenvalue weighted by molar-refractivity contribution is -0.192. The molecule has 0 aliphatic carbocycles. The zero-order valence-electron chi connectivity index (χ0n) is 42.1. The maximum atomic E-state index is 13.3. The second-order valence-electron chi connectivity index (χ2n) is 16.5. The van der Waals surface area contributed by atoms with E-state index >= 15 is 0 Å². The van der Waals surface area contributed by atoms with Crippen LogP contribution in [0.25, 0.3) is 10.9 Å². The number of nitrogens with one attached hydrogen (secondary N) is 1. The van der Waals surface area contributed by atoms with Crippen LogP contribution in [0.15, 0.2) is 72.9 Å². The van der Waals surface area contributed by atoms with Crippen LogP contribution in [0.3, 0.4) is 0 Å². The first-order valence-electron chi connectivity index (χ1n) is 24.4. The molecule has 18 nitrogen and oxygen atoms in total. The molecule has 1 fully saturated rings. The van der Waals surface area contributed by atoms with Crippen LogP contribution < -0.4 is 10.1 Å². The maximum Gasteiger partial charge on any atom is 0.511 e. The number of fused-ring (bicyclic) bond motifs is 1. The number of alkyl halides is 6. The van der Waals surface area contributed by atoms with Crippen LogP contribution in [0, 0.1) is 0 Å². The molecule has 0 spiro atoms. The van der Waals surface area contributed by atoms with E-state index in [2.05, 4.69) is 10.3 Å². The summed E-state index contributed by atoms with van der Waals surface area (Å²) in [6.07, 6.45) is -3.12. The molecule has 5 rings (SSSR count). The van der Waals surface area contributed by atoms with Gasteiger partial charge in [-0.05, 0) is 72.0 Å². The van der Waals surface area contributed by atoms with Gasteiger partial charge in [0.2, 0.25) is 0 Å². The van der Waals surface area contributed by atoms with Crippen molar-refractivity contribution in [1.29, 1.82) is 0 Å². The number of aromatic nitrogens is 1. The van der Waals surface area contributed by atoms with Gasteiger partial charge in [0.25, 0.3) is 0 Å². The molecular weight excluding hydrogens is 1100 g/mol. The van der Waals surface area contributed by atoms with Gasteiger partial charge in [-0.1, -0.05) is 47.5 Å². The largest absolute Gasteiger partial charge is 0.511 e. The number of carboxylic acid groups (broad SMARTS) is 1. The summed E-state index contributed by atoms with van der Waals surface area (Å²) < 4.78 is 152. The van der Waals surface area contributed by atoms with Crippen molar-refractivity contribution < 1.29 is 97.1 Å². The Hall–Kier alpha value is -4.19. The molecular formula is C50H65Cl2F6N3O15S. The van der Waals surface area contributed by atoms with E-state index in [1.807, 2.05) is 60.7 Å². The number of benzene rings is 3. The third-order valence-corrected chi connectivity index (χ3v) is 13.1. The average molecular weight is 1170 g/mol. The van der Waals surface area contributed by atoms with Crippen molar-refractivity contribution in [3.8, 4) is 5.75 Å². The number of aliphatic hydroxyl groups excluding tert-OH is 1. The summed E-state index contributed by atoms with van der Waals surface area (Å²) in [5.41, 5.74) is -1.37. The number of anilines is 1. The molecule has 2 heterocycles. The van der Waals surface area contributed by atoms with Crippen molar-refractivity contribution in [3.05, 3.63) is 99.7 Å². The predicted octanol–water partition coefficient (Wildman–Crippen LogP) is 7.60. The number of hydrogen-bond donors (Lipinski definition) is 3. The SMILES string of the molecule is O=C(O)C(F)(F)F.O=S(=O)(N1CCC(Nc2ccnc3c(OCCOCCOCCOCCOCCOCCOCCOCCOCCOCCO)cc(C(c4ccc(Cl)cc4)c4ccc(Cl)cc4)cc23)CC1)C(F)(F)F. The fourth-order valence-electron chi connectivity index (χ4n) is 7.28. The lowest BCUT2D eigenvalue weighted by Gasteiger charge is -2.32. The van der Waals surface area contributed by atoms with Crippen LogP contribution in [0.2, 0.25) is 10.0 Å². The van der Waals surface area contributed by atoms with E-state index < -0.39 is 27.7 Å². The number of carboxylic acids is 1. The highest BCUT2D eigenvalue weighted by atomic mass is 35.5. The standard InChI is InChI=1S/C48H64Cl2F3N3O13S.C2HF3O2/c49-40-5-1-37(2-6-40)46(38-3-7-41(50)8-4-38)39-35-43-44(55-42-10-13-56(14-11-42)70(58,59)48(51,52)53)9-12-54-47(43)45(36-39)69-34-33-68-32-31-67-30-29-66-28-27-65-26-25-64-24-23-63-22-21-62-20-19-61-18-17-60-16-15-57;3-2(4,5)1(6)7/h1-9,12,35-36,42,46,57H,10-11,13-34H2,(H,54,55);(H,6,7). The van der Waals surface area contributed by atoms with Crippen molar-refractivity contribution in [2.24, 2.45) is 0 Å². The first-order chi connectivity index (χ1) is 36.9. The lowest BCUT2D eigenvalue weighted by atomic mass is 9.84. The van der Waals surface area contributed by atoms with Gasteiger partial charge in [0.05, 0.1) is 126 Å². The lowest BCUT2D eigenvalue weighted by Crippen LogP contribution is -2.47. The number of rotatable bonds is 36. The Kier molecular flexibility index (Phi) is 30.1. The average Bonchev–Trinajstić information content (AvgIpc) is 3.41. The summed E-state index contributed by atoms with van der Waals surface area (Å²) in [6.45, 7) is 7.10. The highest BCUT2D eigenvalue weighted by Crippen LogP contribution is 2.40. The van der Waals surface area contributed by atoms with E-state index in [-0.39, 0.29) is 57.7 Å². The molecule has 3 N–H and O–H groups in total. The summed E-state index contributed by atoms with van der Waals surface area (Å²) in [5, 5.41) is 21.1. The fourth-order valence-corrected chi connectivity index (χ4v) is 8.51. The van der Waals surface area contributed by atoms with Gasteiger partial charge in [0.15, 0.2) is 0 Å². The van der Waals surface area contributed by atoms with Crippen molar-refractivity contribution >= 4 is 55.8 Å². The van der Waals surface area contributed by atoms with Gasteiger partial charge in [0.1, 0.15) is 17.9 Å². The molecule has 432 valence electrons. The number of carbonyl (C=O) groups is 1. The zero-order valence-corrected chi connectivity index (χ0v) is 44.4. The minimum absolute atomic E-state index is 0.00178. The minimum atomic E-state index is -5.42. The predicted molar refractivity (Wildman–Crippen MR) is 272 cm³/mol. The number of piperidine rings is 1. The second kappa shape index (κ2) is 35.4. The molecule has 0 atom stereocenters. The fraction of sp³-hybridized carbons (Fsp3) is 0.560. The first kappa shape index (κ1) is 65.3. The van der Waals surface area contributed by atoms with E-state index in [0.29, 0.717) is 149 Å². The molecule has 0 amide bonds. The topological polar surface area (TPSA) is 212 Å². The van der Waals surface area contributed by atoms with Crippen LogP contribution in [0.1, 0.15) is 35.4 Å². The molecule has 1 aliphatic rings. The molecule has 1 saturated heterocycles. The van der Waals surface area contributed by atoms with Crippen LogP contribution in [0.5, 0.6) is 5.75 Å². The minimum Gasteiger partial charge on any atom is -0.489 e. The van der Waals surface area contributed by atoms with E-state index in [1.165, 1.54) is 0 Å². The van der Waals surface area contributed by atoms with E-state index in [4.69, 9.17) is 85.6 Å². The van der Waals surface area contributed by atoms with Crippen LogP contribution in [0.4, 0.5) is 32.0 Å². The molecule has 0 bridgehead atoms. The normalized spacial score (nSPS) is 13.7. The van der Waals surface area contributed by atoms with Gasteiger partial charge in [-0.2, -0.15) is 30.6 Å². The quantitative estimate of drug-likeness (QED) is 0.0227. The van der Waals surface area contributed by atoms with Crippen LogP contribution >= 0.6 is 23.2 Å². The van der Waals surface area contributed by atoms with E-state index in [0.717, 1.165) is 16.7 Å². The monoisotopic (exact) mass is 1160 g/mol. The number of halogens is 8. The molecule has 0 saturated carbocycles. The van der Waals surface area contributed by atoms with Gasteiger partial charge in [-0.25, -0.2) is 13.2 Å². The van der Waals surface area contributed by atoms with Crippen LogP contribution in [-0.4, -0.2) is 197 Å². The second-order valence-corrected chi connectivity index (χ2v) is 19.3. The Morgan fingerprint density at radius 1 is 0.610 bits per heavy atom. The zero-order chi connectivity index (χ0) is 55.9. The van der Waals surface area contributed by atoms with Crippen molar-refractivity contribution in [3.63, 3.8) is 0 Å².